The van der Waals surface area contributed by atoms with Crippen molar-refractivity contribution in [3.63, 3.8) is 0 Å². The van der Waals surface area contributed by atoms with E-state index in [1.165, 1.54) is 44.3 Å². The number of likely N-dealkylation sites (tertiary alicyclic amines) is 1. The highest BCUT2D eigenvalue weighted by atomic mass is 16.1. The van der Waals surface area contributed by atoms with Gasteiger partial charge in [-0.05, 0) is 50.6 Å². The van der Waals surface area contributed by atoms with Gasteiger partial charge in [-0.1, -0.05) is 25.0 Å². The van der Waals surface area contributed by atoms with Crippen LogP contribution in [0.1, 0.15) is 44.6 Å². The molecule has 1 aliphatic heterocycles. The van der Waals surface area contributed by atoms with Gasteiger partial charge in [0.2, 0.25) is 5.91 Å². The number of carbonyl (C=O) groups excluding carboxylic acids is 1. The van der Waals surface area contributed by atoms with E-state index in [9.17, 15) is 4.79 Å². The van der Waals surface area contributed by atoms with Crippen LogP contribution in [-0.2, 0) is 11.3 Å². The van der Waals surface area contributed by atoms with Crippen LogP contribution in [0.4, 0.5) is 5.69 Å². The van der Waals surface area contributed by atoms with Gasteiger partial charge < -0.3 is 11.1 Å². The standard InChI is InChI=1S/C17H27N3O/c1-14(18)12-17(21)19-16-8-6-15(7-9-16)13-20-10-4-2-3-5-11-20/h6-9,14H,2-5,10-13,18H2,1H3,(H,19,21). The third kappa shape index (κ3) is 5.86. The van der Waals surface area contributed by atoms with E-state index >= 15 is 0 Å². The van der Waals surface area contributed by atoms with Crippen molar-refractivity contribution in [2.45, 2.75) is 51.6 Å². The van der Waals surface area contributed by atoms with Crippen LogP contribution in [0, 0.1) is 0 Å². The van der Waals surface area contributed by atoms with Gasteiger partial charge >= 0.3 is 0 Å². The number of amides is 1. The van der Waals surface area contributed by atoms with Crippen molar-refractivity contribution in [3.8, 4) is 0 Å². The number of anilines is 1. The van der Waals surface area contributed by atoms with Gasteiger partial charge in [-0.15, -0.1) is 0 Å². The maximum absolute atomic E-state index is 11.7. The number of hydrogen-bond acceptors (Lipinski definition) is 3. The van der Waals surface area contributed by atoms with Crippen molar-refractivity contribution in [2.75, 3.05) is 18.4 Å². The molecule has 1 aromatic rings. The highest BCUT2D eigenvalue weighted by Gasteiger charge is 2.10. The van der Waals surface area contributed by atoms with E-state index in [2.05, 4.69) is 22.3 Å². The van der Waals surface area contributed by atoms with E-state index in [1.54, 1.807) is 0 Å². The summed E-state index contributed by atoms with van der Waals surface area (Å²) >= 11 is 0. The molecule has 116 valence electrons. The average Bonchev–Trinajstić information content (AvgIpc) is 2.69. The number of nitrogens with zero attached hydrogens (tertiary/aromatic N) is 1. The van der Waals surface area contributed by atoms with Crippen molar-refractivity contribution in [1.29, 1.82) is 0 Å². The van der Waals surface area contributed by atoms with Crippen LogP contribution in [0.2, 0.25) is 0 Å². The molecule has 1 aromatic carbocycles. The Hall–Kier alpha value is -1.39. The summed E-state index contributed by atoms with van der Waals surface area (Å²) in [6.07, 6.45) is 5.70. The zero-order chi connectivity index (χ0) is 15.1. The second kappa shape index (κ2) is 8.15. The highest BCUT2D eigenvalue weighted by molar-refractivity contribution is 5.91. The fourth-order valence-corrected chi connectivity index (χ4v) is 2.75. The molecule has 1 unspecified atom stereocenters. The minimum atomic E-state index is -0.104. The van der Waals surface area contributed by atoms with Crippen LogP contribution >= 0.6 is 0 Å². The van der Waals surface area contributed by atoms with E-state index in [4.69, 9.17) is 5.73 Å². The summed E-state index contributed by atoms with van der Waals surface area (Å²) in [5.41, 5.74) is 7.78. The molecule has 1 amide bonds. The van der Waals surface area contributed by atoms with Gasteiger partial charge in [0.25, 0.3) is 0 Å². The summed E-state index contributed by atoms with van der Waals surface area (Å²) in [4.78, 5) is 14.2. The Bertz CT molecular complexity index is 434. The normalized spacial score (nSPS) is 18.0. The fourth-order valence-electron chi connectivity index (χ4n) is 2.75. The number of nitrogens with two attached hydrogens (primary N) is 1. The Morgan fingerprint density at radius 1 is 1.19 bits per heavy atom. The molecule has 1 atom stereocenters. The first-order chi connectivity index (χ1) is 10.1. The summed E-state index contributed by atoms with van der Waals surface area (Å²) in [7, 11) is 0. The van der Waals surface area contributed by atoms with Crippen molar-refractivity contribution in [2.24, 2.45) is 5.73 Å². The number of benzene rings is 1. The third-order valence-electron chi connectivity index (χ3n) is 3.85. The third-order valence-corrected chi connectivity index (χ3v) is 3.85. The van der Waals surface area contributed by atoms with E-state index in [-0.39, 0.29) is 11.9 Å². The molecular formula is C17H27N3O. The lowest BCUT2D eigenvalue weighted by molar-refractivity contribution is -0.116. The molecule has 0 spiro atoms. The topological polar surface area (TPSA) is 58.4 Å². The second-order valence-corrected chi connectivity index (χ2v) is 6.12. The molecule has 1 fully saturated rings. The number of hydrogen-bond donors (Lipinski definition) is 2. The average molecular weight is 289 g/mol. The molecule has 21 heavy (non-hydrogen) atoms. The van der Waals surface area contributed by atoms with Crippen LogP contribution in [-0.4, -0.2) is 29.9 Å². The summed E-state index contributed by atoms with van der Waals surface area (Å²) in [5, 5.41) is 2.88. The molecule has 1 heterocycles. The zero-order valence-electron chi connectivity index (χ0n) is 13.0. The van der Waals surface area contributed by atoms with Crippen molar-refractivity contribution < 1.29 is 4.79 Å². The van der Waals surface area contributed by atoms with Crippen LogP contribution in [0.3, 0.4) is 0 Å². The smallest absolute Gasteiger partial charge is 0.225 e. The monoisotopic (exact) mass is 289 g/mol. The Morgan fingerprint density at radius 2 is 1.81 bits per heavy atom. The molecule has 0 saturated carbocycles. The predicted octanol–water partition coefficient (Wildman–Crippen LogP) is 2.74. The van der Waals surface area contributed by atoms with Crippen molar-refractivity contribution >= 4 is 11.6 Å². The van der Waals surface area contributed by atoms with Gasteiger partial charge in [-0.3, -0.25) is 9.69 Å². The van der Waals surface area contributed by atoms with E-state index in [0.717, 1.165) is 12.2 Å². The van der Waals surface area contributed by atoms with E-state index in [0.29, 0.717) is 6.42 Å². The van der Waals surface area contributed by atoms with Crippen LogP contribution in [0.25, 0.3) is 0 Å². The quantitative estimate of drug-likeness (QED) is 0.876. The Kier molecular flexibility index (Phi) is 6.21. The summed E-state index contributed by atoms with van der Waals surface area (Å²) in [6.45, 7) is 5.25. The molecule has 0 aromatic heterocycles. The molecule has 2 rings (SSSR count). The SMILES string of the molecule is CC(N)CC(=O)Nc1ccc(CN2CCCCCC2)cc1. The highest BCUT2D eigenvalue weighted by Crippen LogP contribution is 2.15. The molecule has 0 bridgehead atoms. The lowest BCUT2D eigenvalue weighted by atomic mass is 10.1. The molecule has 3 N–H and O–H groups in total. The van der Waals surface area contributed by atoms with E-state index < -0.39 is 0 Å². The first-order valence-electron chi connectivity index (χ1n) is 8.00. The van der Waals surface area contributed by atoms with Crippen LogP contribution in [0.5, 0.6) is 0 Å². The van der Waals surface area contributed by atoms with Gasteiger partial charge in [-0.2, -0.15) is 0 Å². The molecule has 4 nitrogen and oxygen atoms in total. The second-order valence-electron chi connectivity index (χ2n) is 6.12. The lowest BCUT2D eigenvalue weighted by Gasteiger charge is -2.19. The maximum atomic E-state index is 11.7. The Morgan fingerprint density at radius 3 is 2.38 bits per heavy atom. The van der Waals surface area contributed by atoms with Gasteiger partial charge in [0.1, 0.15) is 0 Å². The van der Waals surface area contributed by atoms with Gasteiger partial charge in [0, 0.05) is 24.7 Å². The maximum Gasteiger partial charge on any atom is 0.225 e. The number of nitrogens with one attached hydrogen (secondary N) is 1. The predicted molar refractivity (Wildman–Crippen MR) is 87.1 cm³/mol. The van der Waals surface area contributed by atoms with Crippen molar-refractivity contribution in [3.05, 3.63) is 29.8 Å². The largest absolute Gasteiger partial charge is 0.327 e. The molecule has 0 aliphatic carbocycles. The lowest BCUT2D eigenvalue weighted by Crippen LogP contribution is -2.24. The van der Waals surface area contributed by atoms with Gasteiger partial charge in [0.05, 0.1) is 0 Å². The number of carbonyl (C=O) groups is 1. The first-order valence-corrected chi connectivity index (χ1v) is 8.00. The summed E-state index contributed by atoms with van der Waals surface area (Å²) < 4.78 is 0. The summed E-state index contributed by atoms with van der Waals surface area (Å²) in [6, 6.07) is 8.06. The first kappa shape index (κ1) is 16.0. The van der Waals surface area contributed by atoms with Gasteiger partial charge in [-0.25, -0.2) is 0 Å². The van der Waals surface area contributed by atoms with Crippen LogP contribution < -0.4 is 11.1 Å². The van der Waals surface area contributed by atoms with Crippen LogP contribution in [0.15, 0.2) is 24.3 Å². The Labute approximate surface area is 127 Å². The molecule has 1 aliphatic rings. The van der Waals surface area contributed by atoms with Gasteiger partial charge in [0.15, 0.2) is 0 Å². The Balaban J connectivity index is 1.85. The molecule has 1 saturated heterocycles. The summed E-state index contributed by atoms with van der Waals surface area (Å²) in [5.74, 6) is -0.0229. The molecule has 4 heteroatoms. The van der Waals surface area contributed by atoms with Crippen molar-refractivity contribution in [1.82, 2.24) is 4.90 Å². The van der Waals surface area contributed by atoms with E-state index in [1.807, 2.05) is 19.1 Å². The number of rotatable bonds is 5. The molecular weight excluding hydrogens is 262 g/mol. The fraction of sp³-hybridized carbons (Fsp3) is 0.588. The minimum Gasteiger partial charge on any atom is -0.327 e. The molecule has 0 radical (unpaired) electrons. The zero-order valence-corrected chi connectivity index (χ0v) is 13.0. The minimum absolute atomic E-state index is 0.0229.